The summed E-state index contributed by atoms with van der Waals surface area (Å²) < 4.78 is 5.23. The van der Waals surface area contributed by atoms with E-state index in [9.17, 15) is 0 Å². The Hall–Kier alpha value is -0.710. The molecule has 1 saturated heterocycles. The second kappa shape index (κ2) is 6.59. The average Bonchev–Trinajstić information content (AvgIpc) is 2.48. The molecule has 0 spiro atoms. The molecule has 1 aliphatic rings. The molecule has 118 valence electrons. The van der Waals surface area contributed by atoms with Gasteiger partial charge in [0.1, 0.15) is 5.75 Å². The minimum absolute atomic E-state index is 0.0653. The number of methoxy groups -OCH3 is 1. The highest BCUT2D eigenvalue weighted by molar-refractivity contribution is 7.99. The Bertz CT molecular complexity index is 460. The molecule has 0 radical (unpaired) electrons. The SMILES string of the molecule is COc1ccc(CN(C)C2(CN)CSCCC2(C)C)cc1. The van der Waals surface area contributed by atoms with E-state index in [0.29, 0.717) is 6.54 Å². The Morgan fingerprint density at radius 2 is 1.95 bits per heavy atom. The molecule has 2 N–H and O–H groups in total. The number of thioether (sulfide) groups is 1. The van der Waals surface area contributed by atoms with Crippen molar-refractivity contribution in [3.8, 4) is 5.75 Å². The lowest BCUT2D eigenvalue weighted by Crippen LogP contribution is -2.64. The van der Waals surface area contributed by atoms with E-state index in [-0.39, 0.29) is 11.0 Å². The monoisotopic (exact) mass is 308 g/mol. The zero-order valence-electron chi connectivity index (χ0n) is 13.7. The predicted octanol–water partition coefficient (Wildman–Crippen LogP) is 2.99. The van der Waals surface area contributed by atoms with Crippen molar-refractivity contribution in [1.29, 1.82) is 0 Å². The molecule has 1 heterocycles. The summed E-state index contributed by atoms with van der Waals surface area (Å²) in [7, 11) is 3.91. The van der Waals surface area contributed by atoms with Gasteiger partial charge in [-0.15, -0.1) is 0 Å². The van der Waals surface area contributed by atoms with Gasteiger partial charge in [-0.1, -0.05) is 26.0 Å². The number of nitrogens with two attached hydrogens (primary N) is 1. The minimum Gasteiger partial charge on any atom is -0.497 e. The van der Waals surface area contributed by atoms with E-state index in [2.05, 4.69) is 37.9 Å². The van der Waals surface area contributed by atoms with Crippen LogP contribution >= 0.6 is 11.8 Å². The Balaban J connectivity index is 2.17. The molecule has 0 bridgehead atoms. The standard InChI is InChI=1S/C17H28N2OS/c1-16(2)9-10-21-13-17(16,12-18)19(3)11-14-5-7-15(20-4)8-6-14/h5-8H,9-13,18H2,1-4H3. The molecule has 1 aromatic carbocycles. The lowest BCUT2D eigenvalue weighted by Gasteiger charge is -2.54. The van der Waals surface area contributed by atoms with Crippen LogP contribution < -0.4 is 10.5 Å². The van der Waals surface area contributed by atoms with E-state index in [1.807, 2.05) is 23.9 Å². The van der Waals surface area contributed by atoms with Crippen LogP contribution in [0.2, 0.25) is 0 Å². The molecule has 21 heavy (non-hydrogen) atoms. The molecular weight excluding hydrogens is 280 g/mol. The van der Waals surface area contributed by atoms with Crippen LogP contribution in [0.4, 0.5) is 0 Å². The Morgan fingerprint density at radius 3 is 2.48 bits per heavy atom. The lowest BCUT2D eigenvalue weighted by atomic mass is 9.69. The first-order valence-corrected chi connectivity index (χ1v) is 8.73. The van der Waals surface area contributed by atoms with Gasteiger partial charge in [0, 0.05) is 24.4 Å². The van der Waals surface area contributed by atoms with Crippen molar-refractivity contribution in [3.63, 3.8) is 0 Å². The van der Waals surface area contributed by atoms with Gasteiger partial charge in [-0.2, -0.15) is 11.8 Å². The highest BCUT2D eigenvalue weighted by Crippen LogP contribution is 2.45. The van der Waals surface area contributed by atoms with Crippen molar-refractivity contribution in [3.05, 3.63) is 29.8 Å². The van der Waals surface area contributed by atoms with Gasteiger partial charge < -0.3 is 10.5 Å². The zero-order valence-corrected chi connectivity index (χ0v) is 14.5. The van der Waals surface area contributed by atoms with E-state index >= 15 is 0 Å². The van der Waals surface area contributed by atoms with Crippen LogP contribution in [0.15, 0.2) is 24.3 Å². The number of benzene rings is 1. The maximum Gasteiger partial charge on any atom is 0.118 e. The fourth-order valence-electron chi connectivity index (χ4n) is 3.27. The Labute approximate surface area is 133 Å². The quantitative estimate of drug-likeness (QED) is 0.907. The summed E-state index contributed by atoms with van der Waals surface area (Å²) in [5.74, 6) is 3.26. The largest absolute Gasteiger partial charge is 0.497 e. The highest BCUT2D eigenvalue weighted by Gasteiger charge is 2.48. The van der Waals surface area contributed by atoms with Crippen molar-refractivity contribution < 1.29 is 4.74 Å². The summed E-state index contributed by atoms with van der Waals surface area (Å²) in [5, 5.41) is 0. The summed E-state index contributed by atoms with van der Waals surface area (Å²) in [6, 6.07) is 8.34. The van der Waals surface area contributed by atoms with Crippen molar-refractivity contribution in [2.24, 2.45) is 11.1 Å². The fourth-order valence-corrected chi connectivity index (χ4v) is 5.14. The van der Waals surface area contributed by atoms with Gasteiger partial charge in [0.15, 0.2) is 0 Å². The number of ether oxygens (including phenoxy) is 1. The molecule has 0 amide bonds. The molecule has 3 nitrogen and oxygen atoms in total. The third-order valence-electron chi connectivity index (χ3n) is 5.12. The maximum absolute atomic E-state index is 6.24. The van der Waals surface area contributed by atoms with Crippen LogP contribution in [-0.2, 0) is 6.54 Å². The molecule has 0 aromatic heterocycles. The highest BCUT2D eigenvalue weighted by atomic mass is 32.2. The topological polar surface area (TPSA) is 38.5 Å². The molecule has 1 aromatic rings. The van der Waals surface area contributed by atoms with Crippen LogP contribution in [0.1, 0.15) is 25.8 Å². The first kappa shape index (κ1) is 16.7. The summed E-state index contributed by atoms with van der Waals surface area (Å²) in [4.78, 5) is 2.46. The molecule has 4 heteroatoms. The molecule has 0 saturated carbocycles. The van der Waals surface area contributed by atoms with Gasteiger partial charge in [-0.3, -0.25) is 4.90 Å². The first-order valence-electron chi connectivity index (χ1n) is 7.57. The van der Waals surface area contributed by atoms with Gasteiger partial charge in [-0.05, 0) is 42.3 Å². The predicted molar refractivity (Wildman–Crippen MR) is 92.0 cm³/mol. The van der Waals surface area contributed by atoms with Crippen molar-refractivity contribution in [2.75, 3.05) is 32.2 Å². The fraction of sp³-hybridized carbons (Fsp3) is 0.647. The van der Waals surface area contributed by atoms with E-state index in [4.69, 9.17) is 10.5 Å². The summed E-state index contributed by atoms with van der Waals surface area (Å²) in [5.41, 5.74) is 7.85. The van der Waals surface area contributed by atoms with E-state index in [0.717, 1.165) is 18.0 Å². The zero-order chi connectivity index (χ0) is 15.5. The van der Waals surface area contributed by atoms with Crippen molar-refractivity contribution >= 4 is 11.8 Å². The third-order valence-corrected chi connectivity index (χ3v) is 6.29. The van der Waals surface area contributed by atoms with Gasteiger partial charge in [0.2, 0.25) is 0 Å². The molecule has 1 unspecified atom stereocenters. The smallest absolute Gasteiger partial charge is 0.118 e. The second-order valence-corrected chi connectivity index (χ2v) is 7.73. The Kier molecular flexibility index (Phi) is 5.23. The molecule has 2 rings (SSSR count). The number of hydrogen-bond acceptors (Lipinski definition) is 4. The molecule has 1 fully saturated rings. The minimum atomic E-state index is 0.0653. The van der Waals surface area contributed by atoms with Crippen molar-refractivity contribution in [1.82, 2.24) is 4.90 Å². The average molecular weight is 308 g/mol. The summed E-state index contributed by atoms with van der Waals surface area (Å²) in [6.07, 6.45) is 1.22. The van der Waals surface area contributed by atoms with E-state index in [1.54, 1.807) is 7.11 Å². The van der Waals surface area contributed by atoms with Gasteiger partial charge in [0.05, 0.1) is 7.11 Å². The van der Waals surface area contributed by atoms with Crippen LogP contribution in [0, 0.1) is 5.41 Å². The van der Waals surface area contributed by atoms with E-state index < -0.39 is 0 Å². The van der Waals surface area contributed by atoms with Gasteiger partial charge in [-0.25, -0.2) is 0 Å². The second-order valence-electron chi connectivity index (χ2n) is 6.63. The lowest BCUT2D eigenvalue weighted by molar-refractivity contribution is 0.0148. The van der Waals surface area contributed by atoms with E-state index in [1.165, 1.54) is 17.7 Å². The third kappa shape index (κ3) is 3.22. The number of rotatable bonds is 5. The number of nitrogens with zero attached hydrogens (tertiary/aromatic N) is 1. The van der Waals surface area contributed by atoms with Crippen LogP contribution in [0.5, 0.6) is 5.75 Å². The molecule has 1 aliphatic heterocycles. The van der Waals surface area contributed by atoms with Crippen molar-refractivity contribution in [2.45, 2.75) is 32.4 Å². The van der Waals surface area contributed by atoms with Gasteiger partial charge in [0.25, 0.3) is 0 Å². The summed E-state index contributed by atoms with van der Waals surface area (Å²) >= 11 is 2.03. The maximum atomic E-state index is 6.24. The number of hydrogen-bond donors (Lipinski definition) is 1. The molecule has 0 aliphatic carbocycles. The normalized spacial score (nSPS) is 25.0. The molecular formula is C17H28N2OS. The van der Waals surface area contributed by atoms with Gasteiger partial charge >= 0.3 is 0 Å². The number of likely N-dealkylation sites (N-methyl/N-ethyl adjacent to an activating group) is 1. The van der Waals surface area contributed by atoms with Crippen LogP contribution in [0.3, 0.4) is 0 Å². The molecule has 1 atom stereocenters. The van der Waals surface area contributed by atoms with Crippen LogP contribution in [0.25, 0.3) is 0 Å². The van der Waals surface area contributed by atoms with Crippen LogP contribution in [-0.4, -0.2) is 42.6 Å². The Morgan fingerprint density at radius 1 is 1.29 bits per heavy atom. The summed E-state index contributed by atoms with van der Waals surface area (Å²) in [6.45, 7) is 6.36. The first-order chi connectivity index (χ1) is 9.95.